The molecule has 4 aromatic rings. The number of carbonyl (C=O) groups is 2. The lowest BCUT2D eigenvalue weighted by atomic mass is 10.2. The molecule has 32 heavy (non-hydrogen) atoms. The summed E-state index contributed by atoms with van der Waals surface area (Å²) in [6.45, 7) is -0.0980. The molecule has 0 saturated heterocycles. The van der Waals surface area contributed by atoms with Gasteiger partial charge in [-0.05, 0) is 24.3 Å². The summed E-state index contributed by atoms with van der Waals surface area (Å²) >= 11 is 0. The largest absolute Gasteiger partial charge is 0.399 e. The van der Waals surface area contributed by atoms with Crippen LogP contribution in [-0.4, -0.2) is 41.1 Å². The smallest absolute Gasteiger partial charge is 0.244 e. The predicted molar refractivity (Wildman–Crippen MR) is 119 cm³/mol. The summed E-state index contributed by atoms with van der Waals surface area (Å²) in [6.07, 6.45) is 2.98. The fourth-order valence-electron chi connectivity index (χ4n) is 3.15. The maximum Gasteiger partial charge on any atom is 0.244 e. The molecule has 0 saturated carbocycles. The summed E-state index contributed by atoms with van der Waals surface area (Å²) in [6, 6.07) is 7.08. The van der Waals surface area contributed by atoms with Crippen LogP contribution >= 0.6 is 0 Å². The topological polar surface area (TPSA) is 198 Å². The monoisotopic (exact) mass is 435 g/mol. The van der Waals surface area contributed by atoms with Crippen molar-refractivity contribution in [2.75, 3.05) is 22.1 Å². The summed E-state index contributed by atoms with van der Waals surface area (Å²) in [5, 5.41) is 10.0. The Morgan fingerprint density at radius 2 is 1.88 bits per heavy atom. The molecule has 164 valence electrons. The number of amides is 2. The van der Waals surface area contributed by atoms with Crippen molar-refractivity contribution < 1.29 is 9.59 Å². The maximum absolute atomic E-state index is 12.6. The number of anilines is 5. The highest BCUT2D eigenvalue weighted by atomic mass is 16.2. The molecular weight excluding hydrogens is 414 g/mol. The molecule has 8 N–H and O–H groups in total. The first-order chi connectivity index (χ1) is 15.3. The molecular formula is C19H21N11O2. The molecule has 4 rings (SSSR count). The SMILES string of the molecule is Cn1cc(NC(=O)Cn2cnc3c(Nc4ccc(N)cc4)nc(N)nc32)c(CC(N)=O)n1. The van der Waals surface area contributed by atoms with E-state index in [4.69, 9.17) is 17.2 Å². The van der Waals surface area contributed by atoms with Crippen LogP contribution in [0.4, 0.5) is 28.8 Å². The number of carbonyl (C=O) groups excluding carboxylic acids is 2. The van der Waals surface area contributed by atoms with Gasteiger partial charge in [-0.25, -0.2) is 4.98 Å². The molecule has 0 bridgehead atoms. The van der Waals surface area contributed by atoms with E-state index in [2.05, 4.69) is 30.7 Å². The summed E-state index contributed by atoms with van der Waals surface area (Å²) in [5.41, 5.74) is 19.8. The van der Waals surface area contributed by atoms with Crippen LogP contribution in [0, 0.1) is 0 Å². The number of rotatable bonds is 7. The molecule has 0 spiro atoms. The van der Waals surface area contributed by atoms with E-state index < -0.39 is 5.91 Å². The molecule has 1 aromatic carbocycles. The second kappa shape index (κ2) is 8.22. The first-order valence-electron chi connectivity index (χ1n) is 9.50. The highest BCUT2D eigenvalue weighted by Gasteiger charge is 2.17. The number of imidazole rings is 1. The summed E-state index contributed by atoms with van der Waals surface area (Å²) < 4.78 is 3.03. The Morgan fingerprint density at radius 1 is 1.12 bits per heavy atom. The number of benzene rings is 1. The Bertz CT molecular complexity index is 1310. The number of nitrogens with zero attached hydrogens (tertiary/aromatic N) is 6. The first kappa shape index (κ1) is 20.6. The van der Waals surface area contributed by atoms with E-state index in [9.17, 15) is 9.59 Å². The zero-order valence-electron chi connectivity index (χ0n) is 17.1. The minimum Gasteiger partial charge on any atom is -0.399 e. The van der Waals surface area contributed by atoms with Crippen molar-refractivity contribution in [1.82, 2.24) is 29.3 Å². The lowest BCUT2D eigenvalue weighted by Gasteiger charge is -2.09. The number of nitrogens with two attached hydrogens (primary N) is 3. The second-order valence-corrected chi connectivity index (χ2v) is 7.08. The number of hydrogen-bond donors (Lipinski definition) is 5. The zero-order valence-corrected chi connectivity index (χ0v) is 17.1. The Morgan fingerprint density at radius 3 is 2.59 bits per heavy atom. The third-order valence-corrected chi connectivity index (χ3v) is 4.49. The Hall–Kier alpha value is -4.68. The van der Waals surface area contributed by atoms with Crippen molar-refractivity contribution >= 4 is 51.8 Å². The maximum atomic E-state index is 12.6. The van der Waals surface area contributed by atoms with Crippen LogP contribution in [0.15, 0.2) is 36.8 Å². The van der Waals surface area contributed by atoms with Gasteiger partial charge < -0.3 is 32.4 Å². The summed E-state index contributed by atoms with van der Waals surface area (Å²) in [7, 11) is 1.68. The number of hydrogen-bond acceptors (Lipinski definition) is 9. The molecule has 0 aliphatic carbocycles. The van der Waals surface area contributed by atoms with E-state index >= 15 is 0 Å². The molecule has 0 atom stereocenters. The molecule has 0 aliphatic rings. The summed E-state index contributed by atoms with van der Waals surface area (Å²) in [5.74, 6) is -0.498. The number of primary amides is 1. The van der Waals surface area contributed by atoms with E-state index in [1.807, 2.05) is 0 Å². The van der Waals surface area contributed by atoms with Crippen LogP contribution < -0.4 is 27.8 Å². The number of nitrogens with one attached hydrogen (secondary N) is 2. The lowest BCUT2D eigenvalue weighted by molar-refractivity contribution is -0.118. The van der Waals surface area contributed by atoms with E-state index in [-0.39, 0.29) is 24.8 Å². The third-order valence-electron chi connectivity index (χ3n) is 4.49. The van der Waals surface area contributed by atoms with E-state index in [0.29, 0.717) is 34.1 Å². The van der Waals surface area contributed by atoms with Gasteiger partial charge in [-0.2, -0.15) is 15.1 Å². The van der Waals surface area contributed by atoms with Crippen LogP contribution in [0.25, 0.3) is 11.2 Å². The molecule has 0 fully saturated rings. The van der Waals surface area contributed by atoms with Crippen LogP contribution in [0.2, 0.25) is 0 Å². The van der Waals surface area contributed by atoms with Gasteiger partial charge in [-0.3, -0.25) is 14.3 Å². The van der Waals surface area contributed by atoms with Crippen LogP contribution in [0.3, 0.4) is 0 Å². The minimum atomic E-state index is -0.548. The molecule has 13 nitrogen and oxygen atoms in total. The zero-order chi connectivity index (χ0) is 22.8. The van der Waals surface area contributed by atoms with E-state index in [1.54, 1.807) is 42.1 Å². The van der Waals surface area contributed by atoms with E-state index in [0.717, 1.165) is 5.69 Å². The van der Waals surface area contributed by atoms with Crippen LogP contribution in [0.5, 0.6) is 0 Å². The highest BCUT2D eigenvalue weighted by molar-refractivity contribution is 5.93. The van der Waals surface area contributed by atoms with Crippen molar-refractivity contribution in [2.24, 2.45) is 12.8 Å². The standard InChI is InChI=1S/C19H21N11O2/c1-29-7-13(12(28-29)6-14(21)31)25-15(32)8-30-9-23-16-17(26-19(22)27-18(16)30)24-11-4-2-10(20)3-5-11/h2-5,7,9H,6,8,20H2,1H3,(H2,21,31)(H,25,32)(H3,22,24,26,27). The second-order valence-electron chi connectivity index (χ2n) is 7.08. The van der Waals surface area contributed by atoms with Gasteiger partial charge in [0.1, 0.15) is 6.54 Å². The van der Waals surface area contributed by atoms with Gasteiger partial charge in [0.25, 0.3) is 0 Å². The van der Waals surface area contributed by atoms with Crippen molar-refractivity contribution in [2.45, 2.75) is 13.0 Å². The Labute approximate surface area is 181 Å². The Kier molecular flexibility index (Phi) is 5.29. The predicted octanol–water partition coefficient (Wildman–Crippen LogP) is 0.134. The average Bonchev–Trinajstić information content (AvgIpc) is 3.26. The van der Waals surface area contributed by atoms with Crippen molar-refractivity contribution in [3.05, 3.63) is 42.5 Å². The fraction of sp³-hybridized carbons (Fsp3) is 0.158. The third kappa shape index (κ3) is 4.40. The van der Waals surface area contributed by atoms with Gasteiger partial charge in [-0.1, -0.05) is 0 Å². The van der Waals surface area contributed by atoms with Gasteiger partial charge in [0, 0.05) is 24.6 Å². The summed E-state index contributed by atoms with van der Waals surface area (Å²) in [4.78, 5) is 36.7. The molecule has 13 heteroatoms. The van der Waals surface area contributed by atoms with Gasteiger partial charge in [-0.15, -0.1) is 0 Å². The van der Waals surface area contributed by atoms with Gasteiger partial charge >= 0.3 is 0 Å². The quantitative estimate of drug-likeness (QED) is 0.250. The number of fused-ring (bicyclic) bond motifs is 1. The van der Waals surface area contributed by atoms with Gasteiger partial charge in [0.15, 0.2) is 17.0 Å². The Balaban J connectivity index is 1.56. The van der Waals surface area contributed by atoms with Crippen LogP contribution in [-0.2, 0) is 29.6 Å². The van der Waals surface area contributed by atoms with Crippen molar-refractivity contribution in [3.63, 3.8) is 0 Å². The fourth-order valence-corrected chi connectivity index (χ4v) is 3.15. The lowest BCUT2D eigenvalue weighted by Crippen LogP contribution is -2.20. The van der Waals surface area contributed by atoms with Gasteiger partial charge in [0.2, 0.25) is 17.8 Å². The van der Waals surface area contributed by atoms with Gasteiger partial charge in [0.05, 0.1) is 24.1 Å². The highest BCUT2D eigenvalue weighted by Crippen LogP contribution is 2.24. The van der Waals surface area contributed by atoms with Crippen LogP contribution in [0.1, 0.15) is 5.69 Å². The van der Waals surface area contributed by atoms with E-state index in [1.165, 1.54) is 11.0 Å². The molecule has 3 heterocycles. The first-order valence-corrected chi connectivity index (χ1v) is 9.50. The molecule has 0 aliphatic heterocycles. The molecule has 3 aromatic heterocycles. The number of nitrogen functional groups attached to an aromatic ring is 2. The number of aryl methyl sites for hydroxylation is 1. The normalized spacial score (nSPS) is 10.9. The molecule has 0 radical (unpaired) electrons. The van der Waals surface area contributed by atoms with Crippen molar-refractivity contribution in [1.29, 1.82) is 0 Å². The average molecular weight is 435 g/mol. The minimum absolute atomic E-state index is 0.0219. The van der Waals surface area contributed by atoms with Crippen molar-refractivity contribution in [3.8, 4) is 0 Å². The number of aromatic nitrogens is 6. The molecule has 0 unspecified atom stereocenters. The molecule has 2 amide bonds.